The summed E-state index contributed by atoms with van der Waals surface area (Å²) in [4.78, 5) is 35.1. The third kappa shape index (κ3) is 4.63. The summed E-state index contributed by atoms with van der Waals surface area (Å²) in [7, 11) is 0. The van der Waals surface area contributed by atoms with E-state index in [-0.39, 0.29) is 11.6 Å². The number of esters is 1. The normalized spacial score (nSPS) is 11.7. The molecular formula is C23H22N2O5. The standard InChI is InChI=1S/C23H22N2O5/c1-3-7-21(27)24-23(17-9-6-10-18(14-17)25(28)29)22-19-11-5-4-8-16(19)12-13-20(22)30-15(2)26/h4-6,8-14,23H,3,7H2,1-2H3,(H,24,27)/t23-/m0/s1. The topological polar surface area (TPSA) is 98.5 Å². The van der Waals surface area contributed by atoms with Crippen molar-refractivity contribution in [1.29, 1.82) is 0 Å². The number of benzene rings is 3. The average Bonchev–Trinajstić information content (AvgIpc) is 2.72. The van der Waals surface area contributed by atoms with Crippen molar-refractivity contribution in [3.05, 3.63) is 81.9 Å². The Labute approximate surface area is 173 Å². The van der Waals surface area contributed by atoms with Crippen molar-refractivity contribution >= 4 is 28.3 Å². The average molecular weight is 406 g/mol. The van der Waals surface area contributed by atoms with Crippen LogP contribution in [0.1, 0.15) is 43.9 Å². The predicted molar refractivity (Wildman–Crippen MR) is 113 cm³/mol. The maximum Gasteiger partial charge on any atom is 0.308 e. The molecule has 0 aromatic heterocycles. The van der Waals surface area contributed by atoms with Gasteiger partial charge in [0, 0.05) is 31.0 Å². The molecule has 7 nitrogen and oxygen atoms in total. The van der Waals surface area contributed by atoms with Gasteiger partial charge in [-0.15, -0.1) is 0 Å². The van der Waals surface area contributed by atoms with Crippen molar-refractivity contribution in [2.75, 3.05) is 0 Å². The summed E-state index contributed by atoms with van der Waals surface area (Å²) in [5, 5.41) is 16.0. The van der Waals surface area contributed by atoms with Gasteiger partial charge in [-0.25, -0.2) is 0 Å². The Morgan fingerprint density at radius 3 is 2.57 bits per heavy atom. The molecule has 7 heteroatoms. The largest absolute Gasteiger partial charge is 0.426 e. The van der Waals surface area contributed by atoms with E-state index in [0.29, 0.717) is 29.7 Å². The summed E-state index contributed by atoms with van der Waals surface area (Å²) in [5.41, 5.74) is 1.02. The van der Waals surface area contributed by atoms with E-state index < -0.39 is 16.9 Å². The number of rotatable bonds is 7. The zero-order chi connectivity index (χ0) is 21.7. The second-order valence-electron chi connectivity index (χ2n) is 6.89. The Morgan fingerprint density at radius 2 is 1.87 bits per heavy atom. The lowest BCUT2D eigenvalue weighted by Crippen LogP contribution is -2.29. The molecule has 0 saturated carbocycles. The molecule has 0 unspecified atom stereocenters. The molecule has 1 N–H and O–H groups in total. The molecule has 0 fully saturated rings. The molecule has 0 aliphatic rings. The second kappa shape index (κ2) is 9.17. The quantitative estimate of drug-likeness (QED) is 0.266. The van der Waals surface area contributed by atoms with E-state index in [1.54, 1.807) is 18.2 Å². The summed E-state index contributed by atoms with van der Waals surface area (Å²) >= 11 is 0. The molecule has 1 amide bonds. The van der Waals surface area contributed by atoms with E-state index in [0.717, 1.165) is 10.8 Å². The van der Waals surface area contributed by atoms with E-state index in [1.807, 2.05) is 37.3 Å². The maximum absolute atomic E-state index is 12.5. The number of nitrogens with one attached hydrogen (secondary N) is 1. The first kappa shape index (κ1) is 21.0. The van der Waals surface area contributed by atoms with E-state index in [4.69, 9.17) is 4.74 Å². The van der Waals surface area contributed by atoms with Gasteiger partial charge in [0.15, 0.2) is 0 Å². The first-order chi connectivity index (χ1) is 14.4. The number of hydrogen-bond donors (Lipinski definition) is 1. The minimum Gasteiger partial charge on any atom is -0.426 e. The van der Waals surface area contributed by atoms with E-state index in [1.165, 1.54) is 19.1 Å². The molecule has 0 spiro atoms. The number of nitrogens with zero attached hydrogens (tertiary/aromatic N) is 1. The van der Waals surface area contributed by atoms with Gasteiger partial charge in [0.1, 0.15) is 5.75 Å². The van der Waals surface area contributed by atoms with Crippen LogP contribution in [-0.2, 0) is 9.59 Å². The molecule has 0 aliphatic carbocycles. The van der Waals surface area contributed by atoms with Crippen LogP contribution in [0.5, 0.6) is 5.75 Å². The van der Waals surface area contributed by atoms with Gasteiger partial charge in [0.25, 0.3) is 5.69 Å². The summed E-state index contributed by atoms with van der Waals surface area (Å²) < 4.78 is 5.45. The van der Waals surface area contributed by atoms with E-state index >= 15 is 0 Å². The second-order valence-corrected chi connectivity index (χ2v) is 6.89. The lowest BCUT2D eigenvalue weighted by Gasteiger charge is -2.23. The molecule has 3 aromatic rings. The van der Waals surface area contributed by atoms with Crippen LogP contribution in [0, 0.1) is 10.1 Å². The highest BCUT2D eigenvalue weighted by Gasteiger charge is 2.25. The van der Waals surface area contributed by atoms with Gasteiger partial charge in [0.2, 0.25) is 5.91 Å². The molecule has 0 aliphatic heterocycles. The monoisotopic (exact) mass is 406 g/mol. The Morgan fingerprint density at radius 1 is 1.10 bits per heavy atom. The van der Waals surface area contributed by atoms with Crippen LogP contribution in [0.4, 0.5) is 5.69 Å². The van der Waals surface area contributed by atoms with Crippen LogP contribution >= 0.6 is 0 Å². The summed E-state index contributed by atoms with van der Waals surface area (Å²) in [6.07, 6.45) is 0.957. The fourth-order valence-corrected chi connectivity index (χ4v) is 3.42. The number of amides is 1. The van der Waals surface area contributed by atoms with Crippen molar-refractivity contribution in [1.82, 2.24) is 5.32 Å². The first-order valence-electron chi connectivity index (χ1n) is 9.64. The Kier molecular flexibility index (Phi) is 6.41. The summed E-state index contributed by atoms with van der Waals surface area (Å²) in [6, 6.07) is 16.4. The molecule has 0 bridgehead atoms. The minimum absolute atomic E-state index is 0.0866. The molecule has 154 valence electrons. The van der Waals surface area contributed by atoms with Gasteiger partial charge < -0.3 is 10.1 Å². The number of carbonyl (C=O) groups is 2. The molecule has 3 aromatic carbocycles. The lowest BCUT2D eigenvalue weighted by molar-refractivity contribution is -0.384. The molecule has 0 saturated heterocycles. The molecule has 1 atom stereocenters. The van der Waals surface area contributed by atoms with Crippen LogP contribution in [0.3, 0.4) is 0 Å². The van der Waals surface area contributed by atoms with Gasteiger partial charge in [0.05, 0.1) is 11.0 Å². The molecule has 30 heavy (non-hydrogen) atoms. The number of fused-ring (bicyclic) bond motifs is 1. The Bertz CT molecular complexity index is 1110. The molecule has 0 heterocycles. The van der Waals surface area contributed by atoms with E-state index in [9.17, 15) is 19.7 Å². The number of nitro benzene ring substituents is 1. The van der Waals surface area contributed by atoms with E-state index in [2.05, 4.69) is 5.32 Å². The SMILES string of the molecule is CCCC(=O)N[C@@H](c1cccc([N+](=O)[O-])c1)c1c(OC(C)=O)ccc2ccccc12. The smallest absolute Gasteiger partial charge is 0.308 e. The summed E-state index contributed by atoms with van der Waals surface area (Å²) in [6.45, 7) is 3.20. The van der Waals surface area contributed by atoms with Crippen LogP contribution in [-0.4, -0.2) is 16.8 Å². The van der Waals surface area contributed by atoms with Crippen molar-refractivity contribution in [2.24, 2.45) is 0 Å². The highest BCUT2D eigenvalue weighted by molar-refractivity contribution is 5.90. The fourth-order valence-electron chi connectivity index (χ4n) is 3.42. The lowest BCUT2D eigenvalue weighted by atomic mass is 9.92. The number of hydrogen-bond acceptors (Lipinski definition) is 5. The van der Waals surface area contributed by atoms with Gasteiger partial charge in [-0.1, -0.05) is 49.4 Å². The molecule has 0 radical (unpaired) electrons. The van der Waals surface area contributed by atoms with Crippen molar-refractivity contribution in [3.8, 4) is 5.75 Å². The number of ether oxygens (including phenoxy) is 1. The van der Waals surface area contributed by atoms with Crippen molar-refractivity contribution in [2.45, 2.75) is 32.7 Å². The van der Waals surface area contributed by atoms with Gasteiger partial charge >= 0.3 is 5.97 Å². The number of carbonyl (C=O) groups excluding carboxylic acids is 2. The number of nitro groups is 1. The van der Waals surface area contributed by atoms with Crippen LogP contribution in [0.15, 0.2) is 60.7 Å². The van der Waals surface area contributed by atoms with Crippen LogP contribution in [0.2, 0.25) is 0 Å². The van der Waals surface area contributed by atoms with Gasteiger partial charge in [-0.3, -0.25) is 19.7 Å². The Balaban J connectivity index is 2.26. The first-order valence-corrected chi connectivity index (χ1v) is 9.64. The molecular weight excluding hydrogens is 384 g/mol. The zero-order valence-corrected chi connectivity index (χ0v) is 16.8. The molecule has 3 rings (SSSR count). The highest BCUT2D eigenvalue weighted by Crippen LogP contribution is 2.37. The Hall–Kier alpha value is -3.74. The minimum atomic E-state index is -0.732. The number of non-ortho nitro benzene ring substituents is 1. The van der Waals surface area contributed by atoms with Gasteiger partial charge in [-0.2, -0.15) is 0 Å². The zero-order valence-electron chi connectivity index (χ0n) is 16.8. The van der Waals surface area contributed by atoms with Crippen molar-refractivity contribution < 1.29 is 19.2 Å². The summed E-state index contributed by atoms with van der Waals surface area (Å²) in [5.74, 6) is -0.394. The third-order valence-corrected chi connectivity index (χ3v) is 4.67. The van der Waals surface area contributed by atoms with Gasteiger partial charge in [-0.05, 0) is 28.8 Å². The van der Waals surface area contributed by atoms with Crippen LogP contribution in [0.25, 0.3) is 10.8 Å². The van der Waals surface area contributed by atoms with Crippen LogP contribution < -0.4 is 10.1 Å². The third-order valence-electron chi connectivity index (χ3n) is 4.67. The predicted octanol–water partition coefficient (Wildman–Crippen LogP) is 4.68. The van der Waals surface area contributed by atoms with Crippen molar-refractivity contribution in [3.63, 3.8) is 0 Å². The fraction of sp³-hybridized carbons (Fsp3) is 0.217. The highest BCUT2D eigenvalue weighted by atomic mass is 16.6. The maximum atomic E-state index is 12.5.